The van der Waals surface area contributed by atoms with E-state index in [0.717, 1.165) is 35.5 Å². The van der Waals surface area contributed by atoms with Crippen LogP contribution in [0.1, 0.15) is 13.3 Å². The van der Waals surface area contributed by atoms with Crippen molar-refractivity contribution in [3.05, 3.63) is 46.8 Å². The molecule has 1 saturated heterocycles. The van der Waals surface area contributed by atoms with E-state index in [1.165, 1.54) is 6.33 Å². The Kier molecular flexibility index (Phi) is 5.78. The largest absolute Gasteiger partial charge is 0.376 e. The topological polar surface area (TPSA) is 85.9 Å². The van der Waals surface area contributed by atoms with E-state index >= 15 is 0 Å². The van der Waals surface area contributed by atoms with Gasteiger partial charge in [-0.25, -0.2) is 9.97 Å². The van der Waals surface area contributed by atoms with Crippen LogP contribution >= 0.6 is 23.2 Å². The highest BCUT2D eigenvalue weighted by Crippen LogP contribution is 2.25. The molecule has 1 aromatic carbocycles. The molecular weight excluding hydrogens is 411 g/mol. The number of aromatic nitrogens is 3. The van der Waals surface area contributed by atoms with E-state index < -0.39 is 0 Å². The standard InChI is InChI=1S/C20H22Cl2N6O/c1-12-3-5-28(18(29)9-24-15-7-13(21)6-14(22)8-15)10-17(12)27-20-16-2-4-23-19(16)25-11-26-20/h2,4,6-8,11-12,17,24H,3,5,9-10H2,1H3,(H2,23,25,26,27)/t12-,17+/m1/s1. The normalized spacial score (nSPS) is 19.3. The Morgan fingerprint density at radius 1 is 1.28 bits per heavy atom. The molecule has 0 spiro atoms. The Bertz CT molecular complexity index is 1000. The Balaban J connectivity index is 1.40. The van der Waals surface area contributed by atoms with Crippen molar-refractivity contribution < 1.29 is 4.79 Å². The summed E-state index contributed by atoms with van der Waals surface area (Å²) in [6.45, 7) is 3.74. The van der Waals surface area contributed by atoms with Gasteiger partial charge in [-0.2, -0.15) is 0 Å². The van der Waals surface area contributed by atoms with Crippen molar-refractivity contribution in [3.8, 4) is 0 Å². The molecule has 152 valence electrons. The van der Waals surface area contributed by atoms with Gasteiger partial charge < -0.3 is 20.5 Å². The zero-order valence-corrected chi connectivity index (χ0v) is 17.5. The van der Waals surface area contributed by atoms with Gasteiger partial charge in [0.15, 0.2) is 0 Å². The van der Waals surface area contributed by atoms with Crippen molar-refractivity contribution in [1.29, 1.82) is 0 Å². The Morgan fingerprint density at radius 3 is 2.86 bits per heavy atom. The van der Waals surface area contributed by atoms with E-state index in [1.54, 1.807) is 18.2 Å². The molecule has 0 aliphatic carbocycles. The Morgan fingerprint density at radius 2 is 2.07 bits per heavy atom. The Hall–Kier alpha value is -2.51. The van der Waals surface area contributed by atoms with Crippen LogP contribution in [0.2, 0.25) is 10.0 Å². The first kappa shape index (κ1) is 19.8. The molecule has 3 aromatic rings. The van der Waals surface area contributed by atoms with Crippen molar-refractivity contribution in [2.24, 2.45) is 5.92 Å². The second kappa shape index (κ2) is 8.47. The number of anilines is 2. The summed E-state index contributed by atoms with van der Waals surface area (Å²) < 4.78 is 0. The maximum atomic E-state index is 12.8. The number of rotatable bonds is 5. The number of nitrogens with zero attached hydrogens (tertiary/aromatic N) is 3. The van der Waals surface area contributed by atoms with Crippen molar-refractivity contribution >= 4 is 51.6 Å². The minimum atomic E-state index is 0.0364. The molecule has 2 aromatic heterocycles. The summed E-state index contributed by atoms with van der Waals surface area (Å²) >= 11 is 12.0. The summed E-state index contributed by atoms with van der Waals surface area (Å²) in [6, 6.07) is 7.23. The van der Waals surface area contributed by atoms with E-state index in [2.05, 4.69) is 32.5 Å². The highest BCUT2D eigenvalue weighted by atomic mass is 35.5. The molecule has 1 amide bonds. The second-order valence-corrected chi connectivity index (χ2v) is 8.20. The monoisotopic (exact) mass is 432 g/mol. The van der Waals surface area contributed by atoms with Gasteiger partial charge in [-0.05, 0) is 36.6 Å². The molecule has 4 rings (SSSR count). The van der Waals surface area contributed by atoms with Gasteiger partial charge in [0.1, 0.15) is 17.8 Å². The summed E-state index contributed by atoms with van der Waals surface area (Å²) in [5.41, 5.74) is 1.52. The molecule has 7 nitrogen and oxygen atoms in total. The number of hydrogen-bond acceptors (Lipinski definition) is 5. The van der Waals surface area contributed by atoms with Crippen LogP contribution in [0.5, 0.6) is 0 Å². The van der Waals surface area contributed by atoms with E-state index in [0.29, 0.717) is 22.5 Å². The fourth-order valence-electron chi connectivity index (χ4n) is 3.59. The first-order valence-electron chi connectivity index (χ1n) is 9.52. The quantitative estimate of drug-likeness (QED) is 0.566. The molecule has 0 bridgehead atoms. The van der Waals surface area contributed by atoms with Gasteiger partial charge in [0.05, 0.1) is 11.9 Å². The first-order chi connectivity index (χ1) is 14.0. The van der Waals surface area contributed by atoms with Gasteiger partial charge in [0.25, 0.3) is 0 Å². The summed E-state index contributed by atoms with van der Waals surface area (Å²) in [7, 11) is 0. The number of amides is 1. The maximum Gasteiger partial charge on any atom is 0.241 e. The fraction of sp³-hybridized carbons (Fsp3) is 0.350. The van der Waals surface area contributed by atoms with Gasteiger partial charge in [0, 0.05) is 41.1 Å². The number of likely N-dealkylation sites (tertiary alicyclic amines) is 1. The zero-order chi connectivity index (χ0) is 20.4. The lowest BCUT2D eigenvalue weighted by Gasteiger charge is -2.38. The van der Waals surface area contributed by atoms with Crippen LogP contribution < -0.4 is 10.6 Å². The van der Waals surface area contributed by atoms with Crippen LogP contribution in [0.4, 0.5) is 11.5 Å². The minimum Gasteiger partial charge on any atom is -0.376 e. The summed E-state index contributed by atoms with van der Waals surface area (Å²) in [5.74, 6) is 1.24. The summed E-state index contributed by atoms with van der Waals surface area (Å²) in [5, 5.41) is 8.64. The summed E-state index contributed by atoms with van der Waals surface area (Å²) in [4.78, 5) is 26.3. The number of halogens is 2. The van der Waals surface area contributed by atoms with Crippen LogP contribution in [0.15, 0.2) is 36.8 Å². The molecule has 9 heteroatoms. The first-order valence-corrected chi connectivity index (χ1v) is 10.3. The van der Waals surface area contributed by atoms with Crippen LogP contribution in [0, 0.1) is 5.92 Å². The predicted molar refractivity (Wildman–Crippen MR) is 117 cm³/mol. The molecule has 3 heterocycles. The summed E-state index contributed by atoms with van der Waals surface area (Å²) in [6.07, 6.45) is 4.31. The predicted octanol–water partition coefficient (Wildman–Crippen LogP) is 4.03. The third-order valence-corrected chi connectivity index (χ3v) is 5.73. The number of carbonyl (C=O) groups is 1. The van der Waals surface area contributed by atoms with Crippen LogP contribution in [0.3, 0.4) is 0 Å². The highest BCUT2D eigenvalue weighted by molar-refractivity contribution is 6.35. The van der Waals surface area contributed by atoms with Crippen LogP contribution in [-0.4, -0.2) is 51.4 Å². The number of H-pyrrole nitrogens is 1. The molecule has 1 aliphatic heterocycles. The average molecular weight is 433 g/mol. The zero-order valence-electron chi connectivity index (χ0n) is 16.0. The lowest BCUT2D eigenvalue weighted by Crippen LogP contribution is -2.50. The minimum absolute atomic E-state index is 0.0364. The van der Waals surface area contributed by atoms with Gasteiger partial charge in [0.2, 0.25) is 5.91 Å². The van der Waals surface area contributed by atoms with E-state index in [4.69, 9.17) is 23.2 Å². The molecule has 2 atom stereocenters. The lowest BCUT2D eigenvalue weighted by molar-refractivity contribution is -0.130. The maximum absolute atomic E-state index is 12.8. The molecular formula is C20H22Cl2N6O. The average Bonchev–Trinajstić information content (AvgIpc) is 3.17. The number of piperidine rings is 1. The van der Waals surface area contributed by atoms with Crippen molar-refractivity contribution in [2.75, 3.05) is 30.3 Å². The molecule has 0 unspecified atom stereocenters. The molecule has 3 N–H and O–H groups in total. The third-order valence-electron chi connectivity index (χ3n) is 5.29. The fourth-order valence-corrected chi connectivity index (χ4v) is 4.12. The third kappa shape index (κ3) is 4.57. The molecule has 0 radical (unpaired) electrons. The number of fused-ring (bicyclic) bond motifs is 1. The van der Waals surface area contributed by atoms with Crippen LogP contribution in [0.25, 0.3) is 11.0 Å². The van der Waals surface area contributed by atoms with Crippen LogP contribution in [-0.2, 0) is 4.79 Å². The molecule has 1 aliphatic rings. The van der Waals surface area contributed by atoms with Crippen molar-refractivity contribution in [3.63, 3.8) is 0 Å². The van der Waals surface area contributed by atoms with Crippen molar-refractivity contribution in [1.82, 2.24) is 19.9 Å². The Labute approximate surface area is 178 Å². The lowest BCUT2D eigenvalue weighted by atomic mass is 9.93. The number of benzene rings is 1. The molecule has 0 saturated carbocycles. The van der Waals surface area contributed by atoms with Gasteiger partial charge >= 0.3 is 0 Å². The number of nitrogens with one attached hydrogen (secondary N) is 3. The highest BCUT2D eigenvalue weighted by Gasteiger charge is 2.29. The van der Waals surface area contributed by atoms with E-state index in [9.17, 15) is 4.79 Å². The number of carbonyl (C=O) groups excluding carboxylic acids is 1. The van der Waals surface area contributed by atoms with E-state index in [-0.39, 0.29) is 18.5 Å². The molecule has 1 fully saturated rings. The smallest absolute Gasteiger partial charge is 0.241 e. The van der Waals surface area contributed by atoms with E-state index in [1.807, 2.05) is 17.2 Å². The number of hydrogen-bond donors (Lipinski definition) is 3. The van der Waals surface area contributed by atoms with Crippen molar-refractivity contribution in [2.45, 2.75) is 19.4 Å². The second-order valence-electron chi connectivity index (χ2n) is 7.33. The van der Waals surface area contributed by atoms with Gasteiger partial charge in [-0.15, -0.1) is 0 Å². The molecule has 29 heavy (non-hydrogen) atoms. The van der Waals surface area contributed by atoms with Gasteiger partial charge in [-0.1, -0.05) is 30.1 Å². The van der Waals surface area contributed by atoms with Gasteiger partial charge in [-0.3, -0.25) is 4.79 Å². The SMILES string of the molecule is C[C@@H]1CCN(C(=O)CNc2cc(Cl)cc(Cl)c2)C[C@@H]1Nc1ncnc2[nH]ccc12. The number of aromatic amines is 1.